The van der Waals surface area contributed by atoms with E-state index in [2.05, 4.69) is 25.9 Å². The van der Waals surface area contributed by atoms with Crippen molar-refractivity contribution in [3.05, 3.63) is 65.5 Å². The zero-order valence-electron chi connectivity index (χ0n) is 16.2. The molecule has 2 aromatic heterocycles. The van der Waals surface area contributed by atoms with Gasteiger partial charge >= 0.3 is 0 Å². The minimum Gasteiger partial charge on any atom is -0.497 e. The van der Waals surface area contributed by atoms with Gasteiger partial charge in [-0.1, -0.05) is 35.6 Å². The maximum atomic E-state index is 12.2. The van der Waals surface area contributed by atoms with Crippen LogP contribution in [-0.2, 0) is 6.54 Å². The number of nitrogens with one attached hydrogen (secondary N) is 2. The second kappa shape index (κ2) is 8.56. The van der Waals surface area contributed by atoms with Gasteiger partial charge in [0.25, 0.3) is 5.91 Å². The first-order valence-corrected chi connectivity index (χ1v) is 10.3. The summed E-state index contributed by atoms with van der Waals surface area (Å²) in [7, 11) is 1.58. The Bertz CT molecular complexity index is 1200. The number of hydrogen-bond acceptors (Lipinski definition) is 7. The quantitative estimate of drug-likeness (QED) is 0.463. The highest BCUT2D eigenvalue weighted by Crippen LogP contribution is 2.25. The summed E-state index contributed by atoms with van der Waals surface area (Å²) in [5, 5.41) is 19.5. The van der Waals surface area contributed by atoms with E-state index in [0.29, 0.717) is 17.9 Å². The van der Waals surface area contributed by atoms with Crippen molar-refractivity contribution in [1.29, 1.82) is 0 Å². The molecule has 0 unspecified atom stereocenters. The molecule has 1 amide bonds. The average molecular weight is 439 g/mol. The van der Waals surface area contributed by atoms with Gasteiger partial charge in [0.15, 0.2) is 10.9 Å². The number of nitrogens with zero attached hydrogens (tertiary/aromatic N) is 4. The Hall–Kier alpha value is -3.37. The molecule has 4 aromatic rings. The summed E-state index contributed by atoms with van der Waals surface area (Å²) in [6.07, 6.45) is 0. The Morgan fingerprint density at radius 3 is 2.53 bits per heavy atom. The molecule has 10 heteroatoms. The molecule has 0 bridgehead atoms. The van der Waals surface area contributed by atoms with E-state index in [1.807, 2.05) is 31.2 Å². The van der Waals surface area contributed by atoms with Crippen LogP contribution in [0.4, 0.5) is 0 Å². The fourth-order valence-electron chi connectivity index (χ4n) is 2.74. The van der Waals surface area contributed by atoms with Gasteiger partial charge in [-0.05, 0) is 49.0 Å². The largest absolute Gasteiger partial charge is 0.497 e. The van der Waals surface area contributed by atoms with Gasteiger partial charge in [-0.2, -0.15) is 9.61 Å². The van der Waals surface area contributed by atoms with Gasteiger partial charge in [0.1, 0.15) is 10.8 Å². The number of carbonyl (C=O) groups is 1. The van der Waals surface area contributed by atoms with Crippen molar-refractivity contribution in [2.75, 3.05) is 7.11 Å². The molecule has 2 heterocycles. The van der Waals surface area contributed by atoms with Gasteiger partial charge in [0.2, 0.25) is 4.96 Å². The zero-order chi connectivity index (χ0) is 21.1. The van der Waals surface area contributed by atoms with Crippen molar-refractivity contribution < 1.29 is 9.53 Å². The lowest BCUT2D eigenvalue weighted by Crippen LogP contribution is -2.38. The van der Waals surface area contributed by atoms with Gasteiger partial charge in [-0.15, -0.1) is 10.2 Å². The molecule has 4 rings (SSSR count). The summed E-state index contributed by atoms with van der Waals surface area (Å²) in [5.41, 5.74) is 2.53. The minimum atomic E-state index is -0.274. The molecule has 2 N–H and O–H groups in total. The summed E-state index contributed by atoms with van der Waals surface area (Å²) in [6, 6.07) is 14.8. The molecule has 152 valence electrons. The summed E-state index contributed by atoms with van der Waals surface area (Å²) >= 11 is 6.72. The molecule has 0 saturated carbocycles. The van der Waals surface area contributed by atoms with Gasteiger partial charge in [0, 0.05) is 17.7 Å². The van der Waals surface area contributed by atoms with Crippen LogP contribution in [0.5, 0.6) is 5.75 Å². The lowest BCUT2D eigenvalue weighted by Gasteiger charge is -2.10. The van der Waals surface area contributed by atoms with Crippen molar-refractivity contribution in [3.63, 3.8) is 0 Å². The van der Waals surface area contributed by atoms with E-state index >= 15 is 0 Å². The minimum absolute atomic E-state index is 0.268. The lowest BCUT2D eigenvalue weighted by atomic mass is 10.1. The van der Waals surface area contributed by atoms with Crippen molar-refractivity contribution in [2.45, 2.75) is 13.5 Å². The molecule has 0 saturated heterocycles. The fourth-order valence-corrected chi connectivity index (χ4v) is 3.80. The molecule has 8 nitrogen and oxygen atoms in total. The Balaban J connectivity index is 1.33. The first-order chi connectivity index (χ1) is 14.5. The van der Waals surface area contributed by atoms with E-state index in [9.17, 15) is 4.79 Å². The second-order valence-electron chi connectivity index (χ2n) is 6.41. The molecule has 2 aromatic carbocycles. The summed E-state index contributed by atoms with van der Waals surface area (Å²) in [5.74, 6) is 1.18. The molecule has 0 aliphatic heterocycles. The summed E-state index contributed by atoms with van der Waals surface area (Å²) in [6.45, 7) is 2.36. The molecular weight excluding hydrogens is 420 g/mol. The van der Waals surface area contributed by atoms with Gasteiger partial charge in [-0.25, -0.2) is 0 Å². The third kappa shape index (κ3) is 4.29. The molecule has 0 spiro atoms. The van der Waals surface area contributed by atoms with E-state index in [0.717, 1.165) is 26.9 Å². The number of methoxy groups -OCH3 is 1. The number of thiocarbonyl (C=S) groups is 1. The van der Waals surface area contributed by atoms with E-state index < -0.39 is 0 Å². The Labute approximate surface area is 181 Å². The van der Waals surface area contributed by atoms with Crippen LogP contribution < -0.4 is 15.4 Å². The van der Waals surface area contributed by atoms with Crippen LogP contribution in [0.2, 0.25) is 0 Å². The predicted octanol–water partition coefficient (Wildman–Crippen LogP) is 2.97. The standard InChI is InChI=1S/C20H18N6O2S2/c1-12-23-24-20-26(12)25-18(30-20)15-5-3-13(4-6-15)11-21-19(29)22-17(27)14-7-9-16(28-2)10-8-14/h3-10H,11H2,1-2H3,(H2,21,22,27,29). The number of carbonyl (C=O) groups excluding carboxylic acids is 1. The van der Waals surface area contributed by atoms with E-state index in [-0.39, 0.29) is 11.0 Å². The third-order valence-electron chi connectivity index (χ3n) is 4.38. The van der Waals surface area contributed by atoms with Crippen LogP contribution >= 0.6 is 23.6 Å². The zero-order valence-corrected chi connectivity index (χ0v) is 17.9. The summed E-state index contributed by atoms with van der Waals surface area (Å²) < 4.78 is 6.83. The van der Waals surface area contributed by atoms with Crippen LogP contribution in [0, 0.1) is 6.92 Å². The van der Waals surface area contributed by atoms with Crippen LogP contribution in [0.15, 0.2) is 48.5 Å². The average Bonchev–Trinajstić information content (AvgIpc) is 3.35. The number of ether oxygens (including phenoxy) is 1. The lowest BCUT2D eigenvalue weighted by molar-refractivity contribution is 0.0976. The van der Waals surface area contributed by atoms with Crippen LogP contribution in [0.25, 0.3) is 15.5 Å². The van der Waals surface area contributed by atoms with Gasteiger partial charge in [0.05, 0.1) is 7.11 Å². The normalized spacial score (nSPS) is 10.7. The third-order valence-corrected chi connectivity index (χ3v) is 5.57. The van der Waals surface area contributed by atoms with Crippen LogP contribution in [0.3, 0.4) is 0 Å². The molecule has 0 fully saturated rings. The monoisotopic (exact) mass is 438 g/mol. The molecule has 0 radical (unpaired) electrons. The molecule has 30 heavy (non-hydrogen) atoms. The maximum Gasteiger partial charge on any atom is 0.257 e. The van der Waals surface area contributed by atoms with Crippen molar-refractivity contribution in [3.8, 4) is 16.3 Å². The Morgan fingerprint density at radius 2 is 1.87 bits per heavy atom. The highest BCUT2D eigenvalue weighted by Gasteiger charge is 2.11. The predicted molar refractivity (Wildman–Crippen MR) is 119 cm³/mol. The first-order valence-electron chi connectivity index (χ1n) is 9.05. The molecule has 0 aliphatic carbocycles. The molecule has 0 atom stereocenters. The van der Waals surface area contributed by atoms with Crippen LogP contribution in [0.1, 0.15) is 21.7 Å². The van der Waals surface area contributed by atoms with Crippen molar-refractivity contribution >= 4 is 39.5 Å². The second-order valence-corrected chi connectivity index (χ2v) is 7.78. The maximum absolute atomic E-state index is 12.2. The first kappa shape index (κ1) is 19.9. The number of rotatable bonds is 5. The molecule has 0 aliphatic rings. The number of amides is 1. The van der Waals surface area contributed by atoms with Crippen molar-refractivity contribution in [2.24, 2.45) is 0 Å². The summed E-state index contributed by atoms with van der Waals surface area (Å²) in [4.78, 5) is 13.0. The highest BCUT2D eigenvalue weighted by atomic mass is 32.1. The molecular formula is C20H18N6O2S2. The number of fused-ring (bicyclic) bond motifs is 1. The van der Waals surface area contributed by atoms with Gasteiger partial charge < -0.3 is 10.1 Å². The van der Waals surface area contributed by atoms with Crippen LogP contribution in [-0.4, -0.2) is 37.9 Å². The van der Waals surface area contributed by atoms with E-state index in [1.165, 1.54) is 11.3 Å². The van der Waals surface area contributed by atoms with Gasteiger partial charge in [-0.3, -0.25) is 10.1 Å². The Kier molecular flexibility index (Phi) is 5.68. The topological polar surface area (TPSA) is 93.4 Å². The van der Waals surface area contributed by atoms with E-state index in [1.54, 1.807) is 35.9 Å². The highest BCUT2D eigenvalue weighted by molar-refractivity contribution is 7.80. The number of aryl methyl sites for hydroxylation is 1. The SMILES string of the molecule is COc1ccc(C(=O)NC(=S)NCc2ccc(-c3nn4c(C)nnc4s3)cc2)cc1. The number of hydrogen-bond donors (Lipinski definition) is 2. The van der Waals surface area contributed by atoms with E-state index in [4.69, 9.17) is 17.0 Å². The smallest absolute Gasteiger partial charge is 0.257 e. The van der Waals surface area contributed by atoms with Crippen molar-refractivity contribution in [1.82, 2.24) is 30.4 Å². The fraction of sp³-hybridized carbons (Fsp3) is 0.150. The Morgan fingerprint density at radius 1 is 1.13 bits per heavy atom. The number of benzene rings is 2. The number of aromatic nitrogens is 4.